The number of hydrogen-bond acceptors (Lipinski definition) is 2. The second-order valence-electron chi connectivity index (χ2n) is 5.14. The maximum Gasteiger partial charge on any atom is 0.303 e. The van der Waals surface area contributed by atoms with Crippen LogP contribution in [0.25, 0.3) is 0 Å². The number of carboxylic acid groups (broad SMARTS) is 1. The molecular formula is C16H22BrNO3. The predicted octanol–water partition coefficient (Wildman–Crippen LogP) is 3.45. The lowest BCUT2D eigenvalue weighted by Crippen LogP contribution is -2.24. The number of aryl methyl sites for hydroxylation is 2. The minimum Gasteiger partial charge on any atom is -0.481 e. The molecule has 1 amide bonds. The summed E-state index contributed by atoms with van der Waals surface area (Å²) >= 11 is 3.46. The van der Waals surface area contributed by atoms with E-state index in [-0.39, 0.29) is 12.3 Å². The van der Waals surface area contributed by atoms with E-state index in [1.54, 1.807) is 0 Å². The van der Waals surface area contributed by atoms with Gasteiger partial charge in [0.15, 0.2) is 0 Å². The van der Waals surface area contributed by atoms with Gasteiger partial charge in [0.1, 0.15) is 0 Å². The molecule has 0 spiro atoms. The molecule has 5 heteroatoms. The number of nitrogens with one attached hydrogen (secondary N) is 1. The minimum atomic E-state index is -0.760. The molecule has 0 atom stereocenters. The van der Waals surface area contributed by atoms with Crippen molar-refractivity contribution >= 4 is 27.8 Å². The zero-order valence-corrected chi connectivity index (χ0v) is 13.9. The normalized spacial score (nSPS) is 10.4. The Labute approximate surface area is 134 Å². The standard InChI is InChI=1S/C16H22BrNO3/c1-12-11-13(6-8-14(12)17)7-9-15(19)18-10-4-2-3-5-16(20)21/h6,8,11H,2-5,7,9-10H2,1H3,(H,18,19)(H,20,21). The fraction of sp³-hybridized carbons (Fsp3) is 0.500. The lowest BCUT2D eigenvalue weighted by atomic mass is 10.1. The fourth-order valence-electron chi connectivity index (χ4n) is 2.01. The molecule has 0 aliphatic rings. The van der Waals surface area contributed by atoms with Crippen molar-refractivity contribution in [1.29, 1.82) is 0 Å². The molecule has 116 valence electrons. The van der Waals surface area contributed by atoms with Gasteiger partial charge in [0.25, 0.3) is 0 Å². The molecule has 0 heterocycles. The summed E-state index contributed by atoms with van der Waals surface area (Å²) in [5, 5.41) is 11.4. The fourth-order valence-corrected chi connectivity index (χ4v) is 2.26. The molecule has 0 radical (unpaired) electrons. The minimum absolute atomic E-state index is 0.0498. The third-order valence-electron chi connectivity index (χ3n) is 3.25. The van der Waals surface area contributed by atoms with Crippen LogP contribution in [-0.2, 0) is 16.0 Å². The van der Waals surface area contributed by atoms with Gasteiger partial charge in [-0.3, -0.25) is 9.59 Å². The van der Waals surface area contributed by atoms with E-state index in [4.69, 9.17) is 5.11 Å². The summed E-state index contributed by atoms with van der Waals surface area (Å²) in [5.41, 5.74) is 2.33. The van der Waals surface area contributed by atoms with Gasteiger partial charge in [-0.2, -0.15) is 0 Å². The van der Waals surface area contributed by atoms with Crippen molar-refractivity contribution in [3.8, 4) is 0 Å². The maximum absolute atomic E-state index is 11.7. The van der Waals surface area contributed by atoms with Gasteiger partial charge in [-0.1, -0.05) is 34.5 Å². The quantitative estimate of drug-likeness (QED) is 0.666. The van der Waals surface area contributed by atoms with Crippen LogP contribution >= 0.6 is 15.9 Å². The third kappa shape index (κ3) is 7.85. The first kappa shape index (κ1) is 17.7. The summed E-state index contributed by atoms with van der Waals surface area (Å²) in [4.78, 5) is 22.0. The smallest absolute Gasteiger partial charge is 0.303 e. The Hall–Kier alpha value is -1.36. The van der Waals surface area contributed by atoms with Crippen molar-refractivity contribution in [2.24, 2.45) is 0 Å². The largest absolute Gasteiger partial charge is 0.481 e. The lowest BCUT2D eigenvalue weighted by Gasteiger charge is -2.06. The van der Waals surface area contributed by atoms with E-state index in [1.165, 1.54) is 5.56 Å². The number of aliphatic carboxylic acids is 1. The van der Waals surface area contributed by atoms with Gasteiger partial charge >= 0.3 is 5.97 Å². The molecule has 0 aromatic heterocycles. The van der Waals surface area contributed by atoms with Gasteiger partial charge in [0.2, 0.25) is 5.91 Å². The maximum atomic E-state index is 11.7. The summed E-state index contributed by atoms with van der Waals surface area (Å²) in [7, 11) is 0. The number of halogens is 1. The molecule has 21 heavy (non-hydrogen) atoms. The number of carbonyl (C=O) groups is 2. The highest BCUT2D eigenvalue weighted by atomic mass is 79.9. The second kappa shape index (κ2) is 9.55. The van der Waals surface area contributed by atoms with Crippen LogP contribution in [0.3, 0.4) is 0 Å². The Bertz CT molecular complexity index is 488. The summed E-state index contributed by atoms with van der Waals surface area (Å²) < 4.78 is 1.08. The van der Waals surface area contributed by atoms with Gasteiger partial charge in [0.05, 0.1) is 0 Å². The number of unbranched alkanes of at least 4 members (excludes halogenated alkanes) is 2. The summed E-state index contributed by atoms with van der Waals surface area (Å²) in [6.07, 6.45) is 3.75. The molecule has 1 rings (SSSR count). The van der Waals surface area contributed by atoms with Crippen molar-refractivity contribution in [2.75, 3.05) is 6.54 Å². The van der Waals surface area contributed by atoms with Crippen molar-refractivity contribution in [3.05, 3.63) is 33.8 Å². The van der Waals surface area contributed by atoms with Crippen molar-refractivity contribution in [2.45, 2.75) is 45.4 Å². The SMILES string of the molecule is Cc1cc(CCC(=O)NCCCCCC(=O)O)ccc1Br. The van der Waals surface area contributed by atoms with Crippen LogP contribution < -0.4 is 5.32 Å². The van der Waals surface area contributed by atoms with Gasteiger partial charge in [-0.25, -0.2) is 0 Å². The van der Waals surface area contributed by atoms with Crippen LogP contribution in [0.5, 0.6) is 0 Å². The molecule has 0 aliphatic carbocycles. The number of carboxylic acids is 1. The van der Waals surface area contributed by atoms with Crippen LogP contribution in [0, 0.1) is 6.92 Å². The van der Waals surface area contributed by atoms with E-state index in [9.17, 15) is 9.59 Å². The first-order valence-corrected chi connectivity index (χ1v) is 8.02. The summed E-state index contributed by atoms with van der Waals surface area (Å²) in [6, 6.07) is 6.12. The van der Waals surface area contributed by atoms with E-state index < -0.39 is 5.97 Å². The third-order valence-corrected chi connectivity index (χ3v) is 4.14. The molecule has 0 saturated carbocycles. The van der Waals surface area contributed by atoms with Gasteiger partial charge in [-0.05, 0) is 43.4 Å². The van der Waals surface area contributed by atoms with Crippen LogP contribution in [0.4, 0.5) is 0 Å². The van der Waals surface area contributed by atoms with Crippen LogP contribution in [0.15, 0.2) is 22.7 Å². The average Bonchev–Trinajstić information content (AvgIpc) is 2.43. The average molecular weight is 356 g/mol. The highest BCUT2D eigenvalue weighted by Gasteiger charge is 2.03. The van der Waals surface area contributed by atoms with Crippen molar-refractivity contribution < 1.29 is 14.7 Å². The second-order valence-corrected chi connectivity index (χ2v) is 5.99. The molecule has 4 nitrogen and oxygen atoms in total. The Morgan fingerprint density at radius 1 is 1.19 bits per heavy atom. The molecular weight excluding hydrogens is 334 g/mol. The van der Waals surface area contributed by atoms with Gasteiger partial charge in [0, 0.05) is 23.9 Å². The Kier molecular flexibility index (Phi) is 8.05. The highest BCUT2D eigenvalue weighted by Crippen LogP contribution is 2.17. The number of carbonyl (C=O) groups excluding carboxylic acids is 1. The number of amides is 1. The van der Waals surface area contributed by atoms with Gasteiger partial charge < -0.3 is 10.4 Å². The zero-order chi connectivity index (χ0) is 15.7. The highest BCUT2D eigenvalue weighted by molar-refractivity contribution is 9.10. The first-order chi connectivity index (χ1) is 9.99. The molecule has 0 bridgehead atoms. The Morgan fingerprint density at radius 2 is 1.95 bits per heavy atom. The molecule has 1 aromatic rings. The van der Waals surface area contributed by atoms with Crippen molar-refractivity contribution in [3.63, 3.8) is 0 Å². The Morgan fingerprint density at radius 3 is 2.62 bits per heavy atom. The van der Waals surface area contributed by atoms with E-state index >= 15 is 0 Å². The summed E-state index contributed by atoms with van der Waals surface area (Å²) in [5.74, 6) is -0.711. The molecule has 2 N–H and O–H groups in total. The van der Waals surface area contributed by atoms with Crippen LogP contribution in [0.1, 0.15) is 43.2 Å². The van der Waals surface area contributed by atoms with E-state index in [2.05, 4.69) is 27.3 Å². The lowest BCUT2D eigenvalue weighted by molar-refractivity contribution is -0.137. The molecule has 0 fully saturated rings. The molecule has 1 aromatic carbocycles. The monoisotopic (exact) mass is 355 g/mol. The van der Waals surface area contributed by atoms with Gasteiger partial charge in [-0.15, -0.1) is 0 Å². The number of rotatable bonds is 9. The van der Waals surface area contributed by atoms with Crippen LogP contribution in [-0.4, -0.2) is 23.5 Å². The van der Waals surface area contributed by atoms with E-state index in [1.807, 2.05) is 19.1 Å². The number of benzene rings is 1. The molecule has 0 unspecified atom stereocenters. The van der Waals surface area contributed by atoms with Crippen LogP contribution in [0.2, 0.25) is 0 Å². The van der Waals surface area contributed by atoms with Crippen molar-refractivity contribution in [1.82, 2.24) is 5.32 Å². The summed E-state index contributed by atoms with van der Waals surface area (Å²) in [6.45, 7) is 2.66. The van der Waals surface area contributed by atoms with E-state index in [0.717, 1.165) is 29.3 Å². The predicted molar refractivity (Wildman–Crippen MR) is 86.3 cm³/mol. The molecule has 0 aliphatic heterocycles. The molecule has 0 saturated heterocycles. The Balaban J connectivity index is 2.13. The van der Waals surface area contributed by atoms with E-state index in [0.29, 0.717) is 19.4 Å². The topological polar surface area (TPSA) is 66.4 Å². The number of hydrogen-bond donors (Lipinski definition) is 2. The zero-order valence-electron chi connectivity index (χ0n) is 12.3. The first-order valence-electron chi connectivity index (χ1n) is 7.22.